The zero-order valence-corrected chi connectivity index (χ0v) is 11.9. The molecule has 1 amide bonds. The number of H-pyrrole nitrogens is 1. The highest BCUT2D eigenvalue weighted by Gasteiger charge is 2.23. The van der Waals surface area contributed by atoms with Crippen molar-refractivity contribution >= 4 is 16.8 Å². The maximum Gasteiger partial charge on any atom is 0.222 e. The largest absolute Gasteiger partial charge is 0.358 e. The Morgan fingerprint density at radius 3 is 3.10 bits per heavy atom. The third-order valence-corrected chi connectivity index (χ3v) is 4.05. The molecule has 0 unspecified atom stereocenters. The Kier molecular flexibility index (Phi) is 3.74. The first-order valence-corrected chi connectivity index (χ1v) is 7.30. The predicted octanol–water partition coefficient (Wildman–Crippen LogP) is 2.05. The Bertz CT molecular complexity index is 617. The predicted molar refractivity (Wildman–Crippen MR) is 80.6 cm³/mol. The first kappa shape index (κ1) is 13.2. The van der Waals surface area contributed by atoms with Gasteiger partial charge in [-0.25, -0.2) is 0 Å². The number of nitrogens with zero attached hydrogens (tertiary/aromatic N) is 1. The summed E-state index contributed by atoms with van der Waals surface area (Å²) in [6, 6.07) is 8.35. The maximum atomic E-state index is 12.2. The molecule has 1 aliphatic rings. The monoisotopic (exact) mass is 271 g/mol. The third kappa shape index (κ3) is 2.43. The van der Waals surface area contributed by atoms with E-state index < -0.39 is 0 Å². The Labute approximate surface area is 119 Å². The molecule has 0 aliphatic carbocycles. The van der Waals surface area contributed by atoms with E-state index in [4.69, 9.17) is 0 Å². The zero-order chi connectivity index (χ0) is 13.9. The number of rotatable bonds is 4. The second-order valence-corrected chi connectivity index (χ2v) is 5.40. The van der Waals surface area contributed by atoms with Gasteiger partial charge < -0.3 is 15.2 Å². The van der Waals surface area contributed by atoms with Crippen LogP contribution in [0.2, 0.25) is 0 Å². The number of hydrogen-bond acceptors (Lipinski definition) is 2. The van der Waals surface area contributed by atoms with E-state index in [1.54, 1.807) is 0 Å². The lowest BCUT2D eigenvalue weighted by molar-refractivity contribution is -0.132. The average molecular weight is 271 g/mol. The van der Waals surface area contributed by atoms with E-state index in [1.807, 2.05) is 18.0 Å². The van der Waals surface area contributed by atoms with Gasteiger partial charge in [0.25, 0.3) is 0 Å². The molecule has 0 fully saturated rings. The molecule has 2 heterocycles. The van der Waals surface area contributed by atoms with E-state index in [-0.39, 0.29) is 5.91 Å². The maximum absolute atomic E-state index is 12.2. The SMILES string of the molecule is CNCCCC(=O)N1CCc2[nH]c3ccccc3c2C1. The van der Waals surface area contributed by atoms with Crippen molar-refractivity contribution in [1.29, 1.82) is 0 Å². The number of fused-ring (bicyclic) bond motifs is 3. The molecular weight excluding hydrogens is 250 g/mol. The fourth-order valence-electron chi connectivity index (χ4n) is 2.95. The summed E-state index contributed by atoms with van der Waals surface area (Å²) in [5, 5.41) is 4.35. The minimum absolute atomic E-state index is 0.274. The third-order valence-electron chi connectivity index (χ3n) is 4.05. The van der Waals surface area contributed by atoms with Crippen molar-refractivity contribution in [2.24, 2.45) is 0 Å². The van der Waals surface area contributed by atoms with Gasteiger partial charge in [0.15, 0.2) is 0 Å². The van der Waals surface area contributed by atoms with Gasteiger partial charge in [-0.1, -0.05) is 18.2 Å². The van der Waals surface area contributed by atoms with Gasteiger partial charge in [-0.2, -0.15) is 0 Å². The summed E-state index contributed by atoms with van der Waals surface area (Å²) in [6.07, 6.45) is 2.48. The summed E-state index contributed by atoms with van der Waals surface area (Å²) in [5.41, 5.74) is 3.78. The molecule has 0 spiro atoms. The number of benzene rings is 1. The van der Waals surface area contributed by atoms with Gasteiger partial charge in [0.2, 0.25) is 5.91 Å². The van der Waals surface area contributed by atoms with Gasteiger partial charge in [0.1, 0.15) is 0 Å². The van der Waals surface area contributed by atoms with Crippen molar-refractivity contribution in [1.82, 2.24) is 15.2 Å². The summed E-state index contributed by atoms with van der Waals surface area (Å²) in [4.78, 5) is 17.7. The Morgan fingerprint density at radius 2 is 2.25 bits per heavy atom. The van der Waals surface area contributed by atoms with Crippen LogP contribution in [-0.4, -0.2) is 35.9 Å². The molecule has 1 aromatic heterocycles. The van der Waals surface area contributed by atoms with Gasteiger partial charge >= 0.3 is 0 Å². The van der Waals surface area contributed by atoms with Crippen molar-refractivity contribution in [2.75, 3.05) is 20.1 Å². The Balaban J connectivity index is 1.76. The number of nitrogens with one attached hydrogen (secondary N) is 2. The lowest BCUT2D eigenvalue weighted by atomic mass is 10.0. The van der Waals surface area contributed by atoms with Crippen molar-refractivity contribution in [3.8, 4) is 0 Å². The van der Waals surface area contributed by atoms with Gasteiger partial charge in [-0.15, -0.1) is 0 Å². The minimum Gasteiger partial charge on any atom is -0.358 e. The van der Waals surface area contributed by atoms with Gasteiger partial charge in [0, 0.05) is 48.1 Å². The molecule has 0 saturated carbocycles. The average Bonchev–Trinajstić information content (AvgIpc) is 2.85. The summed E-state index contributed by atoms with van der Waals surface area (Å²) < 4.78 is 0. The second kappa shape index (κ2) is 5.67. The molecule has 0 atom stereocenters. The van der Waals surface area contributed by atoms with Crippen LogP contribution in [0, 0.1) is 0 Å². The smallest absolute Gasteiger partial charge is 0.222 e. The molecule has 1 aromatic carbocycles. The second-order valence-electron chi connectivity index (χ2n) is 5.40. The Hall–Kier alpha value is -1.81. The van der Waals surface area contributed by atoms with Crippen LogP contribution in [-0.2, 0) is 17.8 Å². The number of carbonyl (C=O) groups excluding carboxylic acids is 1. The topological polar surface area (TPSA) is 48.1 Å². The van der Waals surface area contributed by atoms with E-state index in [1.165, 1.54) is 22.2 Å². The molecule has 106 valence electrons. The molecule has 2 aromatic rings. The fraction of sp³-hybridized carbons (Fsp3) is 0.438. The van der Waals surface area contributed by atoms with E-state index in [9.17, 15) is 4.79 Å². The normalized spacial score (nSPS) is 14.6. The number of aromatic amines is 1. The van der Waals surface area contributed by atoms with Gasteiger partial charge in [-0.05, 0) is 26.1 Å². The molecule has 3 rings (SSSR count). The van der Waals surface area contributed by atoms with Crippen LogP contribution in [0.15, 0.2) is 24.3 Å². The number of amides is 1. The fourth-order valence-corrected chi connectivity index (χ4v) is 2.95. The minimum atomic E-state index is 0.274. The number of aromatic nitrogens is 1. The molecule has 0 bridgehead atoms. The number of hydrogen-bond donors (Lipinski definition) is 2. The highest BCUT2D eigenvalue weighted by molar-refractivity contribution is 5.86. The highest BCUT2D eigenvalue weighted by Crippen LogP contribution is 2.27. The molecule has 4 nitrogen and oxygen atoms in total. The van der Waals surface area contributed by atoms with Crippen LogP contribution in [0.25, 0.3) is 10.9 Å². The lowest BCUT2D eigenvalue weighted by Gasteiger charge is -2.27. The number of para-hydroxylation sites is 1. The van der Waals surface area contributed by atoms with Crippen molar-refractivity contribution in [3.05, 3.63) is 35.5 Å². The zero-order valence-electron chi connectivity index (χ0n) is 11.9. The summed E-state index contributed by atoms with van der Waals surface area (Å²) >= 11 is 0. The first-order valence-electron chi connectivity index (χ1n) is 7.30. The highest BCUT2D eigenvalue weighted by atomic mass is 16.2. The van der Waals surface area contributed by atoms with Crippen molar-refractivity contribution in [3.63, 3.8) is 0 Å². The summed E-state index contributed by atoms with van der Waals surface area (Å²) in [7, 11) is 1.92. The van der Waals surface area contributed by atoms with Crippen LogP contribution in [0.4, 0.5) is 0 Å². The molecule has 1 aliphatic heterocycles. The van der Waals surface area contributed by atoms with Crippen molar-refractivity contribution < 1.29 is 4.79 Å². The van der Waals surface area contributed by atoms with Crippen LogP contribution < -0.4 is 5.32 Å². The molecule has 0 radical (unpaired) electrons. The van der Waals surface area contributed by atoms with E-state index in [0.29, 0.717) is 6.42 Å². The van der Waals surface area contributed by atoms with Crippen molar-refractivity contribution in [2.45, 2.75) is 25.8 Å². The quantitative estimate of drug-likeness (QED) is 0.836. The van der Waals surface area contributed by atoms with Gasteiger partial charge in [-0.3, -0.25) is 4.79 Å². The lowest BCUT2D eigenvalue weighted by Crippen LogP contribution is -2.35. The van der Waals surface area contributed by atoms with Crippen LogP contribution >= 0.6 is 0 Å². The van der Waals surface area contributed by atoms with Crippen LogP contribution in [0.3, 0.4) is 0 Å². The van der Waals surface area contributed by atoms with E-state index >= 15 is 0 Å². The van der Waals surface area contributed by atoms with Crippen LogP contribution in [0.5, 0.6) is 0 Å². The molecule has 4 heteroatoms. The standard InChI is InChI=1S/C16H21N3O/c1-17-9-4-7-16(20)19-10-8-15-13(11-19)12-5-2-3-6-14(12)18-15/h2-3,5-6,17-18H,4,7-11H2,1H3. The summed E-state index contributed by atoms with van der Waals surface area (Å²) in [5.74, 6) is 0.274. The number of carbonyl (C=O) groups is 1. The Morgan fingerprint density at radius 1 is 1.40 bits per heavy atom. The van der Waals surface area contributed by atoms with Gasteiger partial charge in [0.05, 0.1) is 0 Å². The molecule has 2 N–H and O–H groups in total. The summed E-state index contributed by atoms with van der Waals surface area (Å²) in [6.45, 7) is 2.48. The molecule has 20 heavy (non-hydrogen) atoms. The van der Waals surface area contributed by atoms with Crippen LogP contribution in [0.1, 0.15) is 24.1 Å². The molecular formula is C16H21N3O. The molecule has 0 saturated heterocycles. The first-order chi connectivity index (χ1) is 9.79. The van der Waals surface area contributed by atoms with E-state index in [2.05, 4.69) is 28.5 Å². The van der Waals surface area contributed by atoms with E-state index in [0.717, 1.165) is 32.5 Å².